The molecule has 0 bridgehead atoms. The van der Waals surface area contributed by atoms with Crippen LogP contribution in [0.4, 0.5) is 5.82 Å². The Kier molecular flexibility index (Phi) is 6.52. The molecule has 2 aromatic rings. The maximum absolute atomic E-state index is 11.6. The molecule has 0 radical (unpaired) electrons. The Bertz CT molecular complexity index is 1070. The van der Waals surface area contributed by atoms with E-state index >= 15 is 0 Å². The number of hydrogen-bond acceptors (Lipinski definition) is 15. The molecule has 0 saturated carbocycles. The highest BCUT2D eigenvalue weighted by atomic mass is 31.3. The Balaban J connectivity index is 1.64. The van der Waals surface area contributed by atoms with E-state index in [-0.39, 0.29) is 12.2 Å². The molecule has 1 aliphatic rings. The minimum absolute atomic E-state index is 0.00949. The highest BCUT2D eigenvalue weighted by Crippen LogP contribution is 2.60. The maximum atomic E-state index is 11.6. The Hall–Kier alpha value is -1.25. The first kappa shape index (κ1) is 23.4. The molecule has 5 atom stereocenters. The fourth-order valence-corrected chi connectivity index (χ4v) is 5.57. The lowest BCUT2D eigenvalue weighted by Crippen LogP contribution is -2.27. The summed E-state index contributed by atoms with van der Waals surface area (Å²) in [6.45, 7) is -0.888. The van der Waals surface area contributed by atoms with Gasteiger partial charge in [0.1, 0.15) is 30.1 Å². The van der Waals surface area contributed by atoms with Gasteiger partial charge in [-0.25, -0.2) is 14.3 Å². The predicted molar refractivity (Wildman–Crippen MR) is 87.4 cm³/mol. The topological polar surface area (TPSA) is 257 Å². The number of fused-ring (bicyclic) bond motifs is 1. The van der Waals surface area contributed by atoms with Crippen molar-refractivity contribution in [2.75, 3.05) is 12.3 Å². The molecule has 5 unspecified atom stereocenters. The summed E-state index contributed by atoms with van der Waals surface area (Å²) < 4.78 is 50.9. The number of nitrogens with two attached hydrogens (primary N) is 1. The molecule has 3 rings (SSSR count). The van der Waals surface area contributed by atoms with Crippen molar-refractivity contribution in [2.24, 2.45) is 0 Å². The van der Waals surface area contributed by atoms with Gasteiger partial charge in [0.15, 0.2) is 0 Å². The van der Waals surface area contributed by atoms with Gasteiger partial charge < -0.3 is 48.8 Å². The van der Waals surface area contributed by atoms with Gasteiger partial charge in [0.25, 0.3) is 15.6 Å². The van der Waals surface area contributed by atoms with E-state index in [1.165, 1.54) is 10.9 Å². The van der Waals surface area contributed by atoms with E-state index in [0.717, 1.165) is 0 Å². The standard InChI is InChI=1S/C11H17N4O12P3/c12-10-6-1-2-15(11(6)14-5-13-10)9-3-7(16)8(25-9)4-24-29(20,21)27-30(22,23)26-28(17,18)19/h1-2,5,7-9,16H,3-4H2,(H,20,21)(H,22,23)(H2,12,13,14)(H2,17,18,19)/p-4. The maximum Gasteiger partial charge on any atom is 0.278 e. The molecule has 3 heterocycles. The summed E-state index contributed by atoms with van der Waals surface area (Å²) in [5.41, 5.74) is 6.13. The largest absolute Gasteiger partial charge is 0.790 e. The first-order valence-electron chi connectivity index (χ1n) is 7.88. The van der Waals surface area contributed by atoms with E-state index in [1.54, 1.807) is 12.3 Å². The number of hydrogen-bond donors (Lipinski definition) is 2. The van der Waals surface area contributed by atoms with Crippen molar-refractivity contribution in [3.8, 4) is 0 Å². The molecule has 1 fully saturated rings. The van der Waals surface area contributed by atoms with Gasteiger partial charge in [0.05, 0.1) is 25.9 Å². The van der Waals surface area contributed by atoms with Gasteiger partial charge in [-0.05, 0) is 6.07 Å². The van der Waals surface area contributed by atoms with Crippen LogP contribution in [0.1, 0.15) is 12.6 Å². The minimum atomic E-state index is -6.09. The van der Waals surface area contributed by atoms with Crippen LogP contribution in [0.2, 0.25) is 0 Å². The lowest BCUT2D eigenvalue weighted by molar-refractivity contribution is -0.339. The third kappa shape index (κ3) is 5.71. The normalized spacial score (nSPS) is 26.5. The molecular weight excluding hydrogens is 473 g/mol. The van der Waals surface area contributed by atoms with Crippen molar-refractivity contribution < 1.29 is 56.3 Å². The number of aromatic nitrogens is 3. The average Bonchev–Trinajstić information content (AvgIpc) is 3.14. The van der Waals surface area contributed by atoms with E-state index in [2.05, 4.69) is 23.1 Å². The van der Waals surface area contributed by atoms with Crippen LogP contribution in [0.15, 0.2) is 18.6 Å². The Morgan fingerprint density at radius 2 is 1.90 bits per heavy atom. The number of anilines is 1. The summed E-state index contributed by atoms with van der Waals surface area (Å²) in [7, 11) is -17.8. The van der Waals surface area contributed by atoms with Gasteiger partial charge in [-0.1, -0.05) is 0 Å². The van der Waals surface area contributed by atoms with Crippen LogP contribution in [0, 0.1) is 0 Å². The molecule has 0 aliphatic carbocycles. The summed E-state index contributed by atoms with van der Waals surface area (Å²) in [6, 6.07) is 1.61. The highest BCUT2D eigenvalue weighted by molar-refractivity contribution is 7.64. The van der Waals surface area contributed by atoms with E-state index in [0.29, 0.717) is 11.0 Å². The number of rotatable bonds is 8. The summed E-state index contributed by atoms with van der Waals surface area (Å²) in [5, 5.41) is 10.6. The predicted octanol–water partition coefficient (Wildman–Crippen LogP) is -2.52. The first-order valence-corrected chi connectivity index (χ1v) is 12.3. The summed E-state index contributed by atoms with van der Waals surface area (Å²) in [5.74, 6) is 0.214. The van der Waals surface area contributed by atoms with Crippen LogP contribution >= 0.6 is 23.5 Å². The van der Waals surface area contributed by atoms with E-state index in [1.807, 2.05) is 0 Å². The van der Waals surface area contributed by atoms with E-state index in [9.17, 15) is 38.4 Å². The number of ether oxygens (including phenoxy) is 1. The average molecular weight is 486 g/mol. The van der Waals surface area contributed by atoms with E-state index < -0.39 is 48.5 Å². The lowest BCUT2D eigenvalue weighted by atomic mass is 10.2. The molecule has 0 aromatic carbocycles. The number of aliphatic hydroxyl groups is 1. The zero-order valence-corrected chi connectivity index (χ0v) is 17.3. The Labute approximate surface area is 167 Å². The van der Waals surface area contributed by atoms with Crippen molar-refractivity contribution in [2.45, 2.75) is 24.9 Å². The summed E-state index contributed by atoms with van der Waals surface area (Å²) in [4.78, 5) is 51.2. The van der Waals surface area contributed by atoms with Crippen molar-refractivity contribution in [3.05, 3.63) is 18.6 Å². The number of aliphatic hydroxyl groups excluding tert-OH is 1. The van der Waals surface area contributed by atoms with Crippen LogP contribution in [-0.2, 0) is 31.6 Å². The third-order valence-corrected chi connectivity index (χ3v) is 7.52. The van der Waals surface area contributed by atoms with Crippen molar-refractivity contribution in [1.82, 2.24) is 14.5 Å². The fraction of sp³-hybridized carbons (Fsp3) is 0.455. The quantitative estimate of drug-likeness (QED) is 0.365. The SMILES string of the molecule is Nc1ncnc2c1ccn2C1CC(O)C(COP(=O)([O-])OP(=O)([O-])OP(=O)([O-])[O-])O1. The van der Waals surface area contributed by atoms with Gasteiger partial charge >= 0.3 is 0 Å². The van der Waals surface area contributed by atoms with Crippen molar-refractivity contribution in [1.29, 1.82) is 0 Å². The Morgan fingerprint density at radius 3 is 2.57 bits per heavy atom. The van der Waals surface area contributed by atoms with Crippen LogP contribution in [-0.4, -0.2) is 38.5 Å². The Morgan fingerprint density at radius 1 is 1.20 bits per heavy atom. The second kappa shape index (κ2) is 8.36. The van der Waals surface area contributed by atoms with E-state index in [4.69, 9.17) is 10.5 Å². The number of phosphoric ester groups is 1. The van der Waals surface area contributed by atoms with Gasteiger partial charge in [-0.2, -0.15) is 0 Å². The second-order valence-electron chi connectivity index (χ2n) is 5.95. The van der Waals surface area contributed by atoms with Crippen molar-refractivity contribution >= 4 is 40.3 Å². The summed E-state index contributed by atoms with van der Waals surface area (Å²) in [6.07, 6.45) is -0.498. The zero-order valence-electron chi connectivity index (χ0n) is 14.6. The van der Waals surface area contributed by atoms with Crippen LogP contribution in [0.25, 0.3) is 11.0 Å². The molecule has 168 valence electrons. The van der Waals surface area contributed by atoms with Crippen molar-refractivity contribution in [3.63, 3.8) is 0 Å². The molecule has 0 amide bonds. The van der Waals surface area contributed by atoms with Crippen LogP contribution in [0.3, 0.4) is 0 Å². The number of nitrogen functional groups attached to an aromatic ring is 1. The molecule has 1 saturated heterocycles. The van der Waals surface area contributed by atoms with Gasteiger partial charge in [0.2, 0.25) is 0 Å². The number of phosphoric acid groups is 3. The smallest absolute Gasteiger partial charge is 0.278 e. The molecule has 30 heavy (non-hydrogen) atoms. The molecule has 1 aliphatic heterocycles. The highest BCUT2D eigenvalue weighted by Gasteiger charge is 2.37. The fourth-order valence-electron chi connectivity index (χ4n) is 2.71. The first-order chi connectivity index (χ1) is 13.8. The molecule has 19 heteroatoms. The van der Waals surface area contributed by atoms with Gasteiger partial charge in [0, 0.05) is 12.6 Å². The molecule has 3 N–H and O–H groups in total. The number of nitrogens with zero attached hydrogens (tertiary/aromatic N) is 3. The molecule has 0 spiro atoms. The summed E-state index contributed by atoms with van der Waals surface area (Å²) >= 11 is 0. The van der Waals surface area contributed by atoms with Gasteiger partial charge in [-0.15, -0.1) is 0 Å². The monoisotopic (exact) mass is 486 g/mol. The lowest BCUT2D eigenvalue weighted by Gasteiger charge is -2.37. The molecule has 2 aromatic heterocycles. The second-order valence-corrected chi connectivity index (χ2v) is 10.2. The third-order valence-electron chi connectivity index (χ3n) is 3.85. The minimum Gasteiger partial charge on any atom is -0.790 e. The van der Waals surface area contributed by atoms with Crippen LogP contribution < -0.4 is 25.3 Å². The van der Waals surface area contributed by atoms with Crippen LogP contribution in [0.5, 0.6) is 0 Å². The molecular formula is C11H13N4O12P3-4. The zero-order chi connectivity index (χ0) is 22.3. The molecule has 16 nitrogen and oxygen atoms in total. The van der Waals surface area contributed by atoms with Gasteiger partial charge in [-0.3, -0.25) is 13.4 Å².